The number of carboxylic acids is 1. The Morgan fingerprint density at radius 2 is 1.29 bits per heavy atom. The minimum atomic E-state index is -1.73. The minimum absolute atomic E-state index is 0.439. The van der Waals surface area contributed by atoms with Crippen LogP contribution in [0.1, 0.15) is 31.9 Å². The molecule has 0 aliphatic carbocycles. The lowest BCUT2D eigenvalue weighted by Gasteiger charge is -2.32. The zero-order valence-corrected chi connectivity index (χ0v) is 13.9. The van der Waals surface area contributed by atoms with Crippen molar-refractivity contribution in [3.63, 3.8) is 0 Å². The highest BCUT2D eigenvalue weighted by atomic mass is 16.6. The second kappa shape index (κ2) is 6.74. The van der Waals surface area contributed by atoms with E-state index in [4.69, 9.17) is 4.74 Å². The number of rotatable bonds is 4. The second-order valence-electron chi connectivity index (χ2n) is 6.41. The zero-order valence-electron chi connectivity index (χ0n) is 13.9. The predicted molar refractivity (Wildman–Crippen MR) is 90.7 cm³/mol. The van der Waals surface area contributed by atoms with Crippen LogP contribution in [0.2, 0.25) is 0 Å². The van der Waals surface area contributed by atoms with Crippen molar-refractivity contribution < 1.29 is 19.4 Å². The van der Waals surface area contributed by atoms with Crippen LogP contribution in [0.25, 0.3) is 0 Å². The van der Waals surface area contributed by atoms with Gasteiger partial charge in [-0.1, -0.05) is 60.7 Å². The maximum atomic E-state index is 12.3. The molecule has 0 aromatic heterocycles. The summed E-state index contributed by atoms with van der Waals surface area (Å²) in [5.41, 5.74) is -1.59. The number of carbonyl (C=O) groups excluding carboxylic acids is 1. The molecule has 0 unspecified atom stereocenters. The van der Waals surface area contributed by atoms with Crippen molar-refractivity contribution in [1.82, 2.24) is 5.32 Å². The van der Waals surface area contributed by atoms with Crippen molar-refractivity contribution >= 4 is 12.1 Å². The Balaban J connectivity index is 2.56. The van der Waals surface area contributed by atoms with E-state index in [1.165, 1.54) is 0 Å². The molecule has 2 aromatic rings. The number of alkyl carbamates (subject to hydrolysis) is 1. The van der Waals surface area contributed by atoms with Crippen LogP contribution >= 0.6 is 0 Å². The van der Waals surface area contributed by atoms with E-state index in [9.17, 15) is 14.7 Å². The van der Waals surface area contributed by atoms with Crippen LogP contribution in [0.5, 0.6) is 0 Å². The molecule has 0 aliphatic rings. The van der Waals surface area contributed by atoms with Gasteiger partial charge in [-0.2, -0.15) is 0 Å². The van der Waals surface area contributed by atoms with E-state index in [-0.39, 0.29) is 0 Å². The Kier molecular flexibility index (Phi) is 4.93. The summed E-state index contributed by atoms with van der Waals surface area (Å²) >= 11 is 0. The van der Waals surface area contributed by atoms with E-state index in [1.807, 2.05) is 0 Å². The summed E-state index contributed by atoms with van der Waals surface area (Å²) in [6.07, 6.45) is -0.794. The Labute approximate surface area is 141 Å². The molecule has 24 heavy (non-hydrogen) atoms. The van der Waals surface area contributed by atoms with Crippen LogP contribution in [0.15, 0.2) is 60.7 Å². The maximum Gasteiger partial charge on any atom is 0.409 e. The molecule has 1 amide bonds. The molecule has 5 nitrogen and oxygen atoms in total. The molecule has 2 N–H and O–H groups in total. The third kappa shape index (κ3) is 3.74. The molecule has 2 aromatic carbocycles. The molecule has 0 bridgehead atoms. The van der Waals surface area contributed by atoms with Crippen molar-refractivity contribution in [2.24, 2.45) is 0 Å². The normalized spacial score (nSPS) is 11.6. The van der Waals surface area contributed by atoms with Gasteiger partial charge in [0.2, 0.25) is 0 Å². The fourth-order valence-corrected chi connectivity index (χ4v) is 2.44. The number of benzene rings is 2. The summed E-state index contributed by atoms with van der Waals surface area (Å²) in [5.74, 6) is -1.19. The van der Waals surface area contributed by atoms with E-state index >= 15 is 0 Å². The quantitative estimate of drug-likeness (QED) is 0.900. The van der Waals surface area contributed by atoms with Crippen LogP contribution in [-0.4, -0.2) is 22.8 Å². The van der Waals surface area contributed by atoms with Crippen molar-refractivity contribution in [2.45, 2.75) is 31.9 Å². The first-order chi connectivity index (χ1) is 11.3. The topological polar surface area (TPSA) is 75.6 Å². The average molecular weight is 327 g/mol. The molecule has 0 saturated heterocycles. The van der Waals surface area contributed by atoms with Gasteiger partial charge in [0.25, 0.3) is 0 Å². The van der Waals surface area contributed by atoms with Crippen LogP contribution in [0, 0.1) is 0 Å². The smallest absolute Gasteiger partial charge is 0.409 e. The number of ether oxygens (including phenoxy) is 1. The summed E-state index contributed by atoms with van der Waals surface area (Å²) < 4.78 is 5.27. The minimum Gasteiger partial charge on any atom is -0.479 e. The van der Waals surface area contributed by atoms with Gasteiger partial charge in [-0.05, 0) is 31.9 Å². The maximum absolute atomic E-state index is 12.3. The summed E-state index contributed by atoms with van der Waals surface area (Å²) in [6.45, 7) is 5.17. The number of carbonyl (C=O) groups is 2. The standard InChI is InChI=1S/C19H21NO4/c1-18(2,3)24-17(23)20-19(16(21)22,14-10-6-4-7-11-14)15-12-8-5-9-13-15/h4-13H,1-3H3,(H,20,23)(H,21,22). The molecule has 0 atom stereocenters. The lowest BCUT2D eigenvalue weighted by Crippen LogP contribution is -2.53. The number of carboxylic acid groups (broad SMARTS) is 1. The third-order valence-electron chi connectivity index (χ3n) is 3.42. The predicted octanol–water partition coefficient (Wildman–Crippen LogP) is 3.54. The molecule has 0 saturated carbocycles. The van der Waals surface area contributed by atoms with E-state index in [0.717, 1.165) is 0 Å². The lowest BCUT2D eigenvalue weighted by atomic mass is 9.83. The van der Waals surface area contributed by atoms with Crippen LogP contribution in [0.3, 0.4) is 0 Å². The van der Waals surface area contributed by atoms with Crippen molar-refractivity contribution in [2.75, 3.05) is 0 Å². The summed E-state index contributed by atoms with van der Waals surface area (Å²) in [6, 6.07) is 17.1. The first kappa shape index (κ1) is 17.5. The first-order valence-electron chi connectivity index (χ1n) is 7.61. The van der Waals surface area contributed by atoms with Crippen molar-refractivity contribution in [3.8, 4) is 0 Å². The van der Waals surface area contributed by atoms with Gasteiger partial charge in [0, 0.05) is 0 Å². The van der Waals surface area contributed by atoms with Gasteiger partial charge in [0.15, 0.2) is 5.54 Å². The van der Waals surface area contributed by atoms with E-state index < -0.39 is 23.2 Å². The highest BCUT2D eigenvalue weighted by molar-refractivity contribution is 5.90. The largest absolute Gasteiger partial charge is 0.479 e. The van der Waals surface area contributed by atoms with Gasteiger partial charge >= 0.3 is 12.1 Å². The number of amides is 1. The van der Waals surface area contributed by atoms with Crippen molar-refractivity contribution in [3.05, 3.63) is 71.8 Å². The third-order valence-corrected chi connectivity index (χ3v) is 3.42. The van der Waals surface area contributed by atoms with Crippen LogP contribution in [-0.2, 0) is 15.1 Å². The molecule has 0 fully saturated rings. The Morgan fingerprint density at radius 3 is 1.62 bits per heavy atom. The molecular formula is C19H21NO4. The molecule has 0 aliphatic heterocycles. The molecule has 0 radical (unpaired) electrons. The molecular weight excluding hydrogens is 306 g/mol. The fraction of sp³-hybridized carbons (Fsp3) is 0.263. The fourth-order valence-electron chi connectivity index (χ4n) is 2.44. The Morgan fingerprint density at radius 1 is 0.875 bits per heavy atom. The van der Waals surface area contributed by atoms with Gasteiger partial charge in [0.05, 0.1) is 0 Å². The molecule has 5 heteroatoms. The SMILES string of the molecule is CC(C)(C)OC(=O)NC(C(=O)O)(c1ccccc1)c1ccccc1. The molecule has 0 spiro atoms. The lowest BCUT2D eigenvalue weighted by molar-refractivity contribution is -0.143. The summed E-state index contributed by atoms with van der Waals surface area (Å²) in [5, 5.41) is 12.6. The first-order valence-corrected chi connectivity index (χ1v) is 7.61. The number of aliphatic carboxylic acids is 1. The van der Waals surface area contributed by atoms with Crippen LogP contribution < -0.4 is 5.32 Å². The summed E-state index contributed by atoms with van der Waals surface area (Å²) in [4.78, 5) is 24.6. The van der Waals surface area contributed by atoms with Crippen molar-refractivity contribution in [1.29, 1.82) is 0 Å². The monoisotopic (exact) mass is 327 g/mol. The number of nitrogens with one attached hydrogen (secondary N) is 1. The number of hydrogen-bond acceptors (Lipinski definition) is 3. The average Bonchev–Trinajstić information content (AvgIpc) is 2.52. The molecule has 0 heterocycles. The van der Waals surface area contributed by atoms with Gasteiger partial charge in [-0.3, -0.25) is 5.32 Å². The Bertz CT molecular complexity index is 666. The van der Waals surface area contributed by atoms with E-state index in [0.29, 0.717) is 11.1 Å². The van der Waals surface area contributed by atoms with Crippen LogP contribution in [0.4, 0.5) is 4.79 Å². The second-order valence-corrected chi connectivity index (χ2v) is 6.41. The van der Waals surface area contributed by atoms with E-state index in [2.05, 4.69) is 5.32 Å². The summed E-state index contributed by atoms with van der Waals surface area (Å²) in [7, 11) is 0. The number of hydrogen-bond donors (Lipinski definition) is 2. The zero-order chi connectivity index (χ0) is 17.8. The highest BCUT2D eigenvalue weighted by Gasteiger charge is 2.44. The molecule has 126 valence electrons. The van der Waals surface area contributed by atoms with E-state index in [1.54, 1.807) is 81.4 Å². The van der Waals surface area contributed by atoms with Gasteiger partial charge in [-0.25, -0.2) is 9.59 Å². The molecule has 2 rings (SSSR count). The Hall–Kier alpha value is -2.82. The van der Waals surface area contributed by atoms with Gasteiger partial charge in [-0.15, -0.1) is 0 Å². The van der Waals surface area contributed by atoms with Gasteiger partial charge < -0.3 is 9.84 Å². The van der Waals surface area contributed by atoms with Gasteiger partial charge in [0.1, 0.15) is 5.60 Å². The highest BCUT2D eigenvalue weighted by Crippen LogP contribution is 2.30.